The van der Waals surface area contributed by atoms with Gasteiger partial charge in [-0.3, -0.25) is 0 Å². The molecule has 100 valence electrons. The molecule has 0 aromatic heterocycles. The standard InChI is InChI=1S/C15H30N2/c1-17(15-11-7-8-13(15)12-16)14-9-5-3-2-4-6-10-14/h13-15H,2-12,16H2,1H3. The number of nitrogens with zero attached hydrogens (tertiary/aromatic N) is 1. The van der Waals surface area contributed by atoms with Crippen LogP contribution in [0.5, 0.6) is 0 Å². The van der Waals surface area contributed by atoms with Gasteiger partial charge in [-0.2, -0.15) is 0 Å². The summed E-state index contributed by atoms with van der Waals surface area (Å²) in [5.74, 6) is 0.769. The molecule has 0 amide bonds. The lowest BCUT2D eigenvalue weighted by Gasteiger charge is -2.37. The zero-order valence-electron chi connectivity index (χ0n) is 11.5. The Morgan fingerprint density at radius 3 is 2.18 bits per heavy atom. The van der Waals surface area contributed by atoms with Crippen molar-refractivity contribution in [2.45, 2.75) is 76.3 Å². The molecule has 0 aliphatic heterocycles. The summed E-state index contributed by atoms with van der Waals surface area (Å²) in [6.45, 7) is 0.891. The maximum absolute atomic E-state index is 5.92. The molecule has 2 atom stereocenters. The fourth-order valence-corrected chi connectivity index (χ4v) is 3.94. The molecule has 0 radical (unpaired) electrons. The van der Waals surface area contributed by atoms with Gasteiger partial charge in [-0.25, -0.2) is 0 Å². The smallest absolute Gasteiger partial charge is 0.0135 e. The van der Waals surface area contributed by atoms with Crippen LogP contribution in [0.15, 0.2) is 0 Å². The van der Waals surface area contributed by atoms with Gasteiger partial charge >= 0.3 is 0 Å². The van der Waals surface area contributed by atoms with E-state index >= 15 is 0 Å². The fraction of sp³-hybridized carbons (Fsp3) is 1.00. The van der Waals surface area contributed by atoms with E-state index in [9.17, 15) is 0 Å². The van der Waals surface area contributed by atoms with Crippen LogP contribution >= 0.6 is 0 Å². The van der Waals surface area contributed by atoms with Gasteiger partial charge in [-0.1, -0.05) is 38.5 Å². The number of rotatable bonds is 3. The van der Waals surface area contributed by atoms with Gasteiger partial charge in [-0.15, -0.1) is 0 Å². The Kier molecular flexibility index (Phi) is 5.30. The first-order valence-electron chi connectivity index (χ1n) is 7.75. The molecule has 17 heavy (non-hydrogen) atoms. The SMILES string of the molecule is CN(C1CCCCCCC1)C1CCCC1CN. The molecule has 0 heterocycles. The summed E-state index contributed by atoms with van der Waals surface area (Å²) in [5.41, 5.74) is 5.92. The summed E-state index contributed by atoms with van der Waals surface area (Å²) < 4.78 is 0. The number of hydrogen-bond donors (Lipinski definition) is 1. The highest BCUT2D eigenvalue weighted by Gasteiger charge is 2.32. The van der Waals surface area contributed by atoms with Crippen molar-refractivity contribution in [3.63, 3.8) is 0 Å². The normalized spacial score (nSPS) is 32.6. The van der Waals surface area contributed by atoms with E-state index in [1.807, 2.05) is 0 Å². The summed E-state index contributed by atoms with van der Waals surface area (Å²) >= 11 is 0. The van der Waals surface area contributed by atoms with Crippen LogP contribution in [0.2, 0.25) is 0 Å². The van der Waals surface area contributed by atoms with Crippen LogP contribution in [-0.4, -0.2) is 30.6 Å². The lowest BCUT2D eigenvalue weighted by molar-refractivity contribution is 0.121. The molecular weight excluding hydrogens is 208 g/mol. The predicted octanol–water partition coefficient (Wildman–Crippen LogP) is 3.16. The van der Waals surface area contributed by atoms with E-state index in [4.69, 9.17) is 5.73 Å². The first kappa shape index (κ1) is 13.4. The van der Waals surface area contributed by atoms with Crippen LogP contribution in [0.1, 0.15) is 64.2 Å². The second kappa shape index (κ2) is 6.75. The third-order valence-electron chi connectivity index (χ3n) is 5.10. The van der Waals surface area contributed by atoms with Crippen molar-refractivity contribution in [1.82, 2.24) is 4.90 Å². The molecule has 2 rings (SSSR count). The molecule has 2 fully saturated rings. The van der Waals surface area contributed by atoms with E-state index in [1.54, 1.807) is 0 Å². The topological polar surface area (TPSA) is 29.3 Å². The maximum Gasteiger partial charge on any atom is 0.0135 e. The minimum absolute atomic E-state index is 0.769. The average Bonchev–Trinajstić information content (AvgIpc) is 2.75. The van der Waals surface area contributed by atoms with Gasteiger partial charge in [0.2, 0.25) is 0 Å². The Hall–Kier alpha value is -0.0800. The van der Waals surface area contributed by atoms with Crippen molar-refractivity contribution in [3.8, 4) is 0 Å². The van der Waals surface area contributed by atoms with Gasteiger partial charge in [-0.05, 0) is 45.2 Å². The predicted molar refractivity (Wildman–Crippen MR) is 74.1 cm³/mol. The zero-order chi connectivity index (χ0) is 12.1. The summed E-state index contributed by atoms with van der Waals surface area (Å²) in [6.07, 6.45) is 14.2. The molecule has 2 N–H and O–H groups in total. The van der Waals surface area contributed by atoms with E-state index in [1.165, 1.54) is 64.2 Å². The highest BCUT2D eigenvalue weighted by atomic mass is 15.2. The van der Waals surface area contributed by atoms with Gasteiger partial charge < -0.3 is 10.6 Å². The highest BCUT2D eigenvalue weighted by Crippen LogP contribution is 2.32. The zero-order valence-corrected chi connectivity index (χ0v) is 11.5. The van der Waals surface area contributed by atoms with Gasteiger partial charge in [0.05, 0.1) is 0 Å². The Morgan fingerprint density at radius 1 is 0.882 bits per heavy atom. The maximum atomic E-state index is 5.92. The van der Waals surface area contributed by atoms with E-state index in [2.05, 4.69) is 11.9 Å². The first-order valence-corrected chi connectivity index (χ1v) is 7.75. The molecule has 0 spiro atoms. The van der Waals surface area contributed by atoms with E-state index in [-0.39, 0.29) is 0 Å². The largest absolute Gasteiger partial charge is 0.330 e. The minimum atomic E-state index is 0.769. The lowest BCUT2D eigenvalue weighted by Crippen LogP contribution is -2.44. The molecule has 2 aliphatic rings. The third kappa shape index (κ3) is 3.45. The van der Waals surface area contributed by atoms with E-state index in [0.29, 0.717) is 0 Å². The average molecular weight is 238 g/mol. The van der Waals surface area contributed by atoms with E-state index in [0.717, 1.165) is 24.5 Å². The quantitative estimate of drug-likeness (QED) is 0.818. The molecule has 2 heteroatoms. The Morgan fingerprint density at radius 2 is 1.53 bits per heavy atom. The molecule has 0 bridgehead atoms. The van der Waals surface area contributed by atoms with Crippen LogP contribution in [0.4, 0.5) is 0 Å². The third-order valence-corrected chi connectivity index (χ3v) is 5.10. The summed E-state index contributed by atoms with van der Waals surface area (Å²) in [4.78, 5) is 2.70. The molecule has 2 unspecified atom stereocenters. The first-order chi connectivity index (χ1) is 8.33. The molecule has 0 aromatic carbocycles. The van der Waals surface area contributed by atoms with Gasteiger partial charge in [0, 0.05) is 12.1 Å². The van der Waals surface area contributed by atoms with Crippen molar-refractivity contribution in [2.24, 2.45) is 11.7 Å². The van der Waals surface area contributed by atoms with Crippen molar-refractivity contribution in [1.29, 1.82) is 0 Å². The Bertz CT molecular complexity index is 209. The van der Waals surface area contributed by atoms with Gasteiger partial charge in [0.1, 0.15) is 0 Å². The number of nitrogens with two attached hydrogens (primary N) is 1. The van der Waals surface area contributed by atoms with Crippen molar-refractivity contribution >= 4 is 0 Å². The molecule has 0 aromatic rings. The Balaban J connectivity index is 1.89. The fourth-order valence-electron chi connectivity index (χ4n) is 3.94. The monoisotopic (exact) mass is 238 g/mol. The summed E-state index contributed by atoms with van der Waals surface area (Å²) in [6, 6.07) is 1.62. The van der Waals surface area contributed by atoms with Crippen LogP contribution < -0.4 is 5.73 Å². The van der Waals surface area contributed by atoms with Crippen LogP contribution in [0, 0.1) is 5.92 Å². The highest BCUT2D eigenvalue weighted by molar-refractivity contribution is 4.87. The lowest BCUT2D eigenvalue weighted by atomic mass is 9.93. The Labute approximate surface area is 107 Å². The van der Waals surface area contributed by atoms with Gasteiger partial charge in [0.25, 0.3) is 0 Å². The van der Waals surface area contributed by atoms with Crippen molar-refractivity contribution < 1.29 is 0 Å². The molecule has 2 aliphatic carbocycles. The second-order valence-corrected chi connectivity index (χ2v) is 6.16. The second-order valence-electron chi connectivity index (χ2n) is 6.16. The summed E-state index contributed by atoms with van der Waals surface area (Å²) in [7, 11) is 2.37. The number of hydrogen-bond acceptors (Lipinski definition) is 2. The van der Waals surface area contributed by atoms with Crippen LogP contribution in [-0.2, 0) is 0 Å². The molecule has 2 nitrogen and oxygen atoms in total. The van der Waals surface area contributed by atoms with Crippen molar-refractivity contribution in [2.75, 3.05) is 13.6 Å². The van der Waals surface area contributed by atoms with E-state index < -0.39 is 0 Å². The minimum Gasteiger partial charge on any atom is -0.330 e. The van der Waals surface area contributed by atoms with Crippen LogP contribution in [0.25, 0.3) is 0 Å². The van der Waals surface area contributed by atoms with Gasteiger partial charge in [0.15, 0.2) is 0 Å². The van der Waals surface area contributed by atoms with Crippen LogP contribution in [0.3, 0.4) is 0 Å². The molecular formula is C15H30N2. The molecule has 0 saturated heterocycles. The summed E-state index contributed by atoms with van der Waals surface area (Å²) in [5, 5.41) is 0. The van der Waals surface area contributed by atoms with Crippen molar-refractivity contribution in [3.05, 3.63) is 0 Å². The molecule has 2 saturated carbocycles.